The van der Waals surface area contributed by atoms with Crippen LogP contribution in [0.15, 0.2) is 41.4 Å². The maximum Gasteiger partial charge on any atom is 0.231 e. The van der Waals surface area contributed by atoms with Gasteiger partial charge in [-0.25, -0.2) is 4.39 Å². The first kappa shape index (κ1) is 23.1. The lowest BCUT2D eigenvalue weighted by molar-refractivity contribution is 0.171. The highest BCUT2D eigenvalue weighted by Crippen LogP contribution is 2.32. The Bertz CT molecular complexity index is 986. The van der Waals surface area contributed by atoms with E-state index in [2.05, 4.69) is 26.2 Å². The number of nitrogens with one attached hydrogen (secondary N) is 1. The van der Waals surface area contributed by atoms with Crippen LogP contribution in [0.2, 0.25) is 0 Å². The number of fused-ring (bicyclic) bond motifs is 1. The first-order valence-electron chi connectivity index (χ1n) is 9.91. The molecular formula is C22H25FIN5O2. The molecule has 31 heavy (non-hydrogen) atoms. The van der Waals surface area contributed by atoms with Crippen molar-refractivity contribution < 1.29 is 13.9 Å². The fourth-order valence-corrected chi connectivity index (χ4v) is 3.68. The molecule has 0 bridgehead atoms. The fraction of sp³-hybridized carbons (Fsp3) is 0.364. The van der Waals surface area contributed by atoms with Crippen molar-refractivity contribution >= 4 is 29.9 Å². The molecule has 164 valence electrons. The van der Waals surface area contributed by atoms with E-state index in [9.17, 15) is 4.39 Å². The van der Waals surface area contributed by atoms with Gasteiger partial charge < -0.3 is 19.7 Å². The second kappa shape index (κ2) is 10.6. The smallest absolute Gasteiger partial charge is 0.231 e. The Morgan fingerprint density at radius 3 is 2.61 bits per heavy atom. The number of halogens is 2. The molecule has 2 aromatic carbocycles. The Labute approximate surface area is 198 Å². The number of rotatable bonds is 4. The van der Waals surface area contributed by atoms with Crippen molar-refractivity contribution in [3.63, 3.8) is 0 Å². The van der Waals surface area contributed by atoms with Crippen LogP contribution in [-0.2, 0) is 13.1 Å². The van der Waals surface area contributed by atoms with Gasteiger partial charge in [0.1, 0.15) is 5.82 Å². The van der Waals surface area contributed by atoms with Crippen molar-refractivity contribution in [3.05, 3.63) is 58.9 Å². The van der Waals surface area contributed by atoms with Crippen LogP contribution in [0.1, 0.15) is 16.7 Å². The number of piperazine rings is 1. The van der Waals surface area contributed by atoms with Crippen LogP contribution < -0.4 is 14.8 Å². The van der Waals surface area contributed by atoms with Crippen LogP contribution in [0.3, 0.4) is 0 Å². The predicted molar refractivity (Wildman–Crippen MR) is 126 cm³/mol. The number of nitrogens with zero attached hydrogens (tertiary/aromatic N) is 4. The van der Waals surface area contributed by atoms with Crippen molar-refractivity contribution in [2.75, 3.05) is 40.0 Å². The molecule has 1 N–H and O–H groups in total. The molecule has 0 aromatic heterocycles. The molecule has 0 radical (unpaired) electrons. The molecule has 0 atom stereocenters. The number of guanidine groups is 1. The Kier molecular flexibility index (Phi) is 7.92. The van der Waals surface area contributed by atoms with Gasteiger partial charge in [0.2, 0.25) is 6.79 Å². The minimum atomic E-state index is -0.384. The molecule has 2 aromatic rings. The van der Waals surface area contributed by atoms with E-state index < -0.39 is 0 Å². The summed E-state index contributed by atoms with van der Waals surface area (Å²) in [5.74, 6) is 1.98. The lowest BCUT2D eigenvalue weighted by Gasteiger charge is -2.36. The Morgan fingerprint density at radius 2 is 1.90 bits per heavy atom. The quantitative estimate of drug-likeness (QED) is 0.368. The summed E-state index contributed by atoms with van der Waals surface area (Å²) >= 11 is 0. The highest BCUT2D eigenvalue weighted by molar-refractivity contribution is 14.0. The highest BCUT2D eigenvalue weighted by atomic mass is 127. The van der Waals surface area contributed by atoms with Crippen LogP contribution in [-0.4, -0.2) is 55.8 Å². The molecular weight excluding hydrogens is 512 g/mol. The van der Waals surface area contributed by atoms with Crippen molar-refractivity contribution in [2.45, 2.75) is 13.1 Å². The maximum atomic E-state index is 14.1. The van der Waals surface area contributed by atoms with Gasteiger partial charge in [0.15, 0.2) is 17.5 Å². The summed E-state index contributed by atoms with van der Waals surface area (Å²) in [4.78, 5) is 8.92. The molecule has 0 aliphatic carbocycles. The fourth-order valence-electron chi connectivity index (χ4n) is 3.68. The van der Waals surface area contributed by atoms with Crippen molar-refractivity contribution in [1.82, 2.24) is 15.1 Å². The summed E-state index contributed by atoms with van der Waals surface area (Å²) in [6.07, 6.45) is 0. The third-order valence-corrected chi connectivity index (χ3v) is 5.35. The Hall–Kier alpha value is -2.58. The zero-order valence-electron chi connectivity index (χ0n) is 17.3. The largest absolute Gasteiger partial charge is 0.454 e. The monoisotopic (exact) mass is 537 g/mol. The average molecular weight is 537 g/mol. The van der Waals surface area contributed by atoms with Crippen LogP contribution in [0.25, 0.3) is 0 Å². The standard InChI is InChI=1S/C22H24FN5O2.HI/c1-25-22(26-13-18-4-2-16(12-24)10-19(18)23)28-8-6-27(7-9-28)14-17-3-5-20-21(11-17)30-15-29-20;/h2-5,10-11H,6-9,13-15H2,1H3,(H,25,26);1H. The minimum absolute atomic E-state index is 0. The zero-order chi connectivity index (χ0) is 20.9. The van der Waals surface area contributed by atoms with E-state index in [-0.39, 0.29) is 36.6 Å². The average Bonchev–Trinajstić information content (AvgIpc) is 3.24. The molecule has 2 aliphatic rings. The van der Waals surface area contributed by atoms with Gasteiger partial charge in [0.25, 0.3) is 0 Å². The second-order valence-electron chi connectivity index (χ2n) is 7.27. The van der Waals surface area contributed by atoms with Crippen LogP contribution in [0.5, 0.6) is 11.5 Å². The highest BCUT2D eigenvalue weighted by Gasteiger charge is 2.21. The van der Waals surface area contributed by atoms with E-state index in [1.54, 1.807) is 19.2 Å². The molecule has 7 nitrogen and oxygen atoms in total. The van der Waals surface area contributed by atoms with Gasteiger partial charge in [-0.15, -0.1) is 24.0 Å². The summed E-state index contributed by atoms with van der Waals surface area (Å²) in [6.45, 7) is 4.94. The number of nitriles is 1. The SMILES string of the molecule is CN=C(NCc1ccc(C#N)cc1F)N1CCN(Cc2ccc3c(c2)OCO3)CC1.I. The first-order chi connectivity index (χ1) is 14.7. The van der Waals surface area contributed by atoms with Gasteiger partial charge in [0, 0.05) is 51.9 Å². The van der Waals surface area contributed by atoms with Crippen LogP contribution in [0.4, 0.5) is 4.39 Å². The molecule has 2 aliphatic heterocycles. The summed E-state index contributed by atoms with van der Waals surface area (Å²) in [7, 11) is 1.73. The molecule has 9 heteroatoms. The van der Waals surface area contributed by atoms with Crippen molar-refractivity contribution in [2.24, 2.45) is 4.99 Å². The topological polar surface area (TPSA) is 73.1 Å². The van der Waals surface area contributed by atoms with E-state index >= 15 is 0 Å². The molecule has 1 fully saturated rings. The predicted octanol–water partition coefficient (Wildman–Crippen LogP) is 2.94. The van der Waals surface area contributed by atoms with Gasteiger partial charge >= 0.3 is 0 Å². The number of ether oxygens (including phenoxy) is 2. The molecule has 4 rings (SSSR count). The number of hydrogen-bond acceptors (Lipinski definition) is 5. The van der Waals surface area contributed by atoms with Crippen molar-refractivity contribution in [1.29, 1.82) is 5.26 Å². The summed E-state index contributed by atoms with van der Waals surface area (Å²) in [5, 5.41) is 12.1. The minimum Gasteiger partial charge on any atom is -0.454 e. The number of hydrogen-bond donors (Lipinski definition) is 1. The van der Waals surface area contributed by atoms with Gasteiger partial charge in [-0.05, 0) is 29.8 Å². The van der Waals surface area contributed by atoms with E-state index in [1.807, 2.05) is 18.2 Å². The van der Waals surface area contributed by atoms with Crippen molar-refractivity contribution in [3.8, 4) is 17.6 Å². The molecule has 2 heterocycles. The normalized spacial score (nSPS) is 15.9. The Morgan fingerprint density at radius 1 is 1.13 bits per heavy atom. The van der Waals surface area contributed by atoms with E-state index in [1.165, 1.54) is 11.6 Å². The van der Waals surface area contributed by atoms with Gasteiger partial charge in [-0.3, -0.25) is 9.89 Å². The lowest BCUT2D eigenvalue weighted by atomic mass is 10.1. The van der Waals surface area contributed by atoms with Crippen LogP contribution >= 0.6 is 24.0 Å². The first-order valence-corrected chi connectivity index (χ1v) is 9.91. The molecule has 0 unspecified atom stereocenters. The van der Waals surface area contributed by atoms with Crippen LogP contribution in [0, 0.1) is 17.1 Å². The molecule has 0 amide bonds. The third-order valence-electron chi connectivity index (χ3n) is 5.35. The van der Waals surface area contributed by atoms with Gasteiger partial charge in [0.05, 0.1) is 11.6 Å². The number of benzene rings is 2. The van der Waals surface area contributed by atoms with E-state index in [0.717, 1.165) is 50.2 Å². The summed E-state index contributed by atoms with van der Waals surface area (Å²) in [6, 6.07) is 12.5. The van der Waals surface area contributed by atoms with Gasteiger partial charge in [-0.2, -0.15) is 5.26 Å². The summed E-state index contributed by atoms with van der Waals surface area (Å²) < 4.78 is 24.9. The van der Waals surface area contributed by atoms with E-state index in [4.69, 9.17) is 14.7 Å². The maximum absolute atomic E-state index is 14.1. The van der Waals surface area contributed by atoms with E-state index in [0.29, 0.717) is 17.7 Å². The zero-order valence-corrected chi connectivity index (χ0v) is 19.6. The third kappa shape index (κ3) is 5.57. The molecule has 1 saturated heterocycles. The van der Waals surface area contributed by atoms with Gasteiger partial charge in [-0.1, -0.05) is 12.1 Å². The molecule has 0 spiro atoms. The lowest BCUT2D eigenvalue weighted by Crippen LogP contribution is -2.52. The summed E-state index contributed by atoms with van der Waals surface area (Å²) in [5.41, 5.74) is 2.03. The second-order valence-corrected chi connectivity index (χ2v) is 7.27. The number of aliphatic imine (C=N–C) groups is 1. The molecule has 0 saturated carbocycles. The Balaban J connectivity index is 0.00000272.